The third-order valence-electron chi connectivity index (χ3n) is 0.634. The van der Waals surface area contributed by atoms with E-state index in [-0.39, 0.29) is 6.61 Å². The van der Waals surface area contributed by atoms with Gasteiger partial charge in [0, 0.05) is 0 Å². The van der Waals surface area contributed by atoms with Crippen LogP contribution in [0.3, 0.4) is 0 Å². The Labute approximate surface area is 44.7 Å². The predicted molar refractivity (Wildman–Crippen MR) is 29.3 cm³/mol. The van der Waals surface area contributed by atoms with Crippen LogP contribution in [0.5, 0.6) is 0 Å². The molecule has 0 fully saturated rings. The van der Waals surface area contributed by atoms with E-state index in [0.717, 1.165) is 12.8 Å². The minimum absolute atomic E-state index is 0.0972. The molecule has 0 aromatic heterocycles. The standard InChI is InChI=1S/C6H10O/c1-2-3-4-5-6-7/h4-5H,1-3,6H2. The van der Waals surface area contributed by atoms with Gasteiger partial charge in [-0.1, -0.05) is 19.1 Å². The van der Waals surface area contributed by atoms with Crippen LogP contribution in [0.1, 0.15) is 12.8 Å². The molecular formula is C6H10O. The third kappa shape index (κ3) is 5.70. The molecule has 0 aliphatic carbocycles. The highest BCUT2D eigenvalue weighted by Gasteiger charge is 1.69. The SMILES string of the molecule is [CH2]CCC=CC[O]. The zero-order valence-corrected chi connectivity index (χ0v) is 4.39. The first-order chi connectivity index (χ1) is 3.41. The van der Waals surface area contributed by atoms with Crippen molar-refractivity contribution < 1.29 is 5.11 Å². The Bertz CT molecular complexity index is 48.1. The fourth-order valence-corrected chi connectivity index (χ4v) is 0.304. The topological polar surface area (TPSA) is 19.9 Å². The quantitative estimate of drug-likeness (QED) is 0.478. The first kappa shape index (κ1) is 6.70. The second kappa shape index (κ2) is 5.70. The maximum absolute atomic E-state index is 9.70. The molecule has 0 aliphatic rings. The van der Waals surface area contributed by atoms with Gasteiger partial charge in [-0.2, -0.15) is 0 Å². The zero-order valence-electron chi connectivity index (χ0n) is 4.39. The highest BCUT2D eigenvalue weighted by Crippen LogP contribution is 1.85. The van der Waals surface area contributed by atoms with Gasteiger partial charge in [-0.3, -0.25) is 0 Å². The highest BCUT2D eigenvalue weighted by molar-refractivity contribution is 4.80. The molecule has 0 saturated carbocycles. The number of allylic oxidation sites excluding steroid dienone is 1. The van der Waals surface area contributed by atoms with Gasteiger partial charge in [-0.15, -0.1) is 0 Å². The minimum Gasteiger partial charge on any atom is -0.232 e. The predicted octanol–water partition coefficient (Wildman–Crippen LogP) is 1.59. The summed E-state index contributed by atoms with van der Waals surface area (Å²) in [6.07, 6.45) is 5.30. The van der Waals surface area contributed by atoms with Crippen LogP contribution in [-0.2, 0) is 5.11 Å². The van der Waals surface area contributed by atoms with Gasteiger partial charge >= 0.3 is 0 Å². The summed E-state index contributed by atoms with van der Waals surface area (Å²) in [5, 5.41) is 9.70. The van der Waals surface area contributed by atoms with Crippen molar-refractivity contribution in [3.63, 3.8) is 0 Å². The summed E-state index contributed by atoms with van der Waals surface area (Å²) < 4.78 is 0. The van der Waals surface area contributed by atoms with Crippen molar-refractivity contribution in [2.45, 2.75) is 12.8 Å². The molecule has 0 amide bonds. The highest BCUT2D eigenvalue weighted by atomic mass is 16.2. The van der Waals surface area contributed by atoms with Crippen molar-refractivity contribution in [2.24, 2.45) is 0 Å². The molecule has 0 heterocycles. The smallest absolute Gasteiger partial charge is 0.100 e. The maximum atomic E-state index is 9.70. The molecule has 0 saturated heterocycles. The lowest BCUT2D eigenvalue weighted by atomic mass is 10.3. The second-order valence-electron chi connectivity index (χ2n) is 1.28. The fraction of sp³-hybridized carbons (Fsp3) is 0.500. The Kier molecular flexibility index (Phi) is 5.46. The summed E-state index contributed by atoms with van der Waals surface area (Å²) in [6, 6.07) is 0. The Morgan fingerprint density at radius 2 is 2.14 bits per heavy atom. The van der Waals surface area contributed by atoms with E-state index in [1.165, 1.54) is 0 Å². The lowest BCUT2D eigenvalue weighted by Gasteiger charge is -1.78. The van der Waals surface area contributed by atoms with E-state index in [2.05, 4.69) is 6.92 Å². The van der Waals surface area contributed by atoms with E-state index in [0.29, 0.717) is 0 Å². The van der Waals surface area contributed by atoms with Crippen LogP contribution < -0.4 is 0 Å². The Hall–Kier alpha value is -0.300. The lowest BCUT2D eigenvalue weighted by molar-refractivity contribution is 0.232. The first-order valence-electron chi connectivity index (χ1n) is 2.44. The van der Waals surface area contributed by atoms with E-state index in [4.69, 9.17) is 0 Å². The van der Waals surface area contributed by atoms with Crippen LogP contribution in [0.4, 0.5) is 0 Å². The van der Waals surface area contributed by atoms with Crippen LogP contribution in [0.2, 0.25) is 0 Å². The average molecular weight is 98.1 g/mol. The van der Waals surface area contributed by atoms with E-state index >= 15 is 0 Å². The molecule has 0 N–H and O–H groups in total. The number of hydrogen-bond acceptors (Lipinski definition) is 0. The summed E-state index contributed by atoms with van der Waals surface area (Å²) in [7, 11) is 0. The molecule has 0 aromatic rings. The van der Waals surface area contributed by atoms with E-state index in [1.54, 1.807) is 6.08 Å². The molecule has 1 heteroatoms. The minimum atomic E-state index is -0.0972. The zero-order chi connectivity index (χ0) is 5.54. The number of rotatable bonds is 3. The second-order valence-corrected chi connectivity index (χ2v) is 1.28. The molecule has 0 spiro atoms. The molecule has 1 nitrogen and oxygen atoms in total. The summed E-state index contributed by atoms with van der Waals surface area (Å²) >= 11 is 0. The Balaban J connectivity index is 2.78. The normalized spacial score (nSPS) is 10.6. The van der Waals surface area contributed by atoms with Gasteiger partial charge < -0.3 is 0 Å². The summed E-state index contributed by atoms with van der Waals surface area (Å²) in [6.45, 7) is 3.51. The van der Waals surface area contributed by atoms with Gasteiger partial charge in [0.1, 0.15) is 6.61 Å². The molecule has 0 aromatic carbocycles. The average Bonchev–Trinajstić information content (AvgIpc) is 1.69. The summed E-state index contributed by atoms with van der Waals surface area (Å²) in [4.78, 5) is 0. The van der Waals surface area contributed by atoms with Gasteiger partial charge in [-0.05, 0) is 12.8 Å². The lowest BCUT2D eigenvalue weighted by Crippen LogP contribution is -1.67. The molecular weight excluding hydrogens is 88.1 g/mol. The van der Waals surface area contributed by atoms with Gasteiger partial charge in [-0.25, -0.2) is 5.11 Å². The Morgan fingerprint density at radius 3 is 2.57 bits per heavy atom. The maximum Gasteiger partial charge on any atom is 0.100 e. The summed E-state index contributed by atoms with van der Waals surface area (Å²) in [5.74, 6) is 0. The molecule has 0 atom stereocenters. The van der Waals surface area contributed by atoms with Gasteiger partial charge in [0.05, 0.1) is 0 Å². The largest absolute Gasteiger partial charge is 0.232 e. The van der Waals surface area contributed by atoms with Crippen LogP contribution in [0, 0.1) is 6.92 Å². The van der Waals surface area contributed by atoms with Crippen LogP contribution >= 0.6 is 0 Å². The van der Waals surface area contributed by atoms with Gasteiger partial charge in [0.25, 0.3) is 0 Å². The molecule has 0 aliphatic heterocycles. The summed E-state index contributed by atoms with van der Waals surface area (Å²) in [5.41, 5.74) is 0. The van der Waals surface area contributed by atoms with E-state index in [9.17, 15) is 5.11 Å². The van der Waals surface area contributed by atoms with E-state index < -0.39 is 0 Å². The molecule has 0 unspecified atom stereocenters. The number of unbranched alkanes of at least 4 members (excludes halogenated alkanes) is 1. The molecule has 40 valence electrons. The van der Waals surface area contributed by atoms with Gasteiger partial charge in [0.15, 0.2) is 0 Å². The number of hydrogen-bond donors (Lipinski definition) is 0. The first-order valence-corrected chi connectivity index (χ1v) is 2.44. The third-order valence-corrected chi connectivity index (χ3v) is 0.634. The van der Waals surface area contributed by atoms with Crippen LogP contribution in [-0.4, -0.2) is 6.61 Å². The molecule has 7 heavy (non-hydrogen) atoms. The van der Waals surface area contributed by atoms with Crippen molar-refractivity contribution in [1.29, 1.82) is 0 Å². The monoisotopic (exact) mass is 98.1 g/mol. The van der Waals surface area contributed by atoms with Crippen molar-refractivity contribution in [1.82, 2.24) is 0 Å². The van der Waals surface area contributed by atoms with Crippen LogP contribution in [0.25, 0.3) is 0 Å². The molecule has 2 radical (unpaired) electrons. The van der Waals surface area contributed by atoms with Gasteiger partial charge in [0.2, 0.25) is 0 Å². The van der Waals surface area contributed by atoms with E-state index in [1.807, 2.05) is 6.08 Å². The van der Waals surface area contributed by atoms with Crippen LogP contribution in [0.15, 0.2) is 12.2 Å². The van der Waals surface area contributed by atoms with Crippen molar-refractivity contribution in [2.75, 3.05) is 6.61 Å². The fourth-order valence-electron chi connectivity index (χ4n) is 0.304. The van der Waals surface area contributed by atoms with Crippen molar-refractivity contribution in [3.05, 3.63) is 19.1 Å². The van der Waals surface area contributed by atoms with Crippen molar-refractivity contribution in [3.8, 4) is 0 Å². The molecule has 0 rings (SSSR count). The Morgan fingerprint density at radius 1 is 1.43 bits per heavy atom. The molecule has 0 bridgehead atoms. The van der Waals surface area contributed by atoms with Crippen molar-refractivity contribution >= 4 is 0 Å².